The molecule has 0 radical (unpaired) electrons. The SMILES string of the molecule is FC1(F)N(c2ccccc2)CCN1c1ccccc1. The van der Waals surface area contributed by atoms with Crippen molar-refractivity contribution in [3.8, 4) is 0 Å². The van der Waals surface area contributed by atoms with E-state index in [0.717, 1.165) is 9.80 Å². The Labute approximate surface area is 110 Å². The van der Waals surface area contributed by atoms with Crippen LogP contribution in [0.5, 0.6) is 0 Å². The summed E-state index contributed by atoms with van der Waals surface area (Å²) in [7, 11) is 0. The fourth-order valence-electron chi connectivity index (χ4n) is 2.40. The molecule has 1 saturated heterocycles. The zero-order chi connectivity index (χ0) is 13.3. The van der Waals surface area contributed by atoms with Gasteiger partial charge < -0.3 is 0 Å². The standard InChI is InChI=1S/C15H14F2N2/c16-15(17)18(13-7-3-1-4-8-13)11-12-19(15)14-9-5-2-6-10-14/h1-10H,11-12H2. The molecular weight excluding hydrogens is 246 g/mol. The van der Waals surface area contributed by atoms with Crippen molar-refractivity contribution in [2.75, 3.05) is 22.9 Å². The molecule has 0 saturated carbocycles. The molecule has 19 heavy (non-hydrogen) atoms. The van der Waals surface area contributed by atoms with E-state index < -0.39 is 6.17 Å². The smallest absolute Gasteiger partial charge is 0.292 e. The summed E-state index contributed by atoms with van der Waals surface area (Å²) < 4.78 is 29.0. The van der Waals surface area contributed by atoms with Gasteiger partial charge in [-0.15, -0.1) is 0 Å². The van der Waals surface area contributed by atoms with E-state index >= 15 is 0 Å². The van der Waals surface area contributed by atoms with Gasteiger partial charge in [0.2, 0.25) is 0 Å². The minimum Gasteiger partial charge on any atom is -0.292 e. The van der Waals surface area contributed by atoms with Crippen molar-refractivity contribution in [3.05, 3.63) is 60.7 Å². The minimum atomic E-state index is -3.00. The van der Waals surface area contributed by atoms with Gasteiger partial charge in [0, 0.05) is 24.5 Å². The number of hydrogen-bond acceptors (Lipinski definition) is 2. The Morgan fingerprint density at radius 1 is 0.684 bits per heavy atom. The molecule has 1 fully saturated rings. The summed E-state index contributed by atoms with van der Waals surface area (Å²) in [5.74, 6) is 0. The van der Waals surface area contributed by atoms with Crippen LogP contribution in [0.1, 0.15) is 0 Å². The molecule has 98 valence electrons. The van der Waals surface area contributed by atoms with Crippen LogP contribution < -0.4 is 9.80 Å². The Balaban J connectivity index is 1.92. The molecule has 2 aromatic carbocycles. The van der Waals surface area contributed by atoms with E-state index in [1.165, 1.54) is 0 Å². The van der Waals surface area contributed by atoms with E-state index in [-0.39, 0.29) is 0 Å². The van der Waals surface area contributed by atoms with Crippen molar-refractivity contribution < 1.29 is 8.78 Å². The van der Waals surface area contributed by atoms with Crippen molar-refractivity contribution in [1.82, 2.24) is 0 Å². The van der Waals surface area contributed by atoms with Crippen molar-refractivity contribution in [1.29, 1.82) is 0 Å². The van der Waals surface area contributed by atoms with Crippen LogP contribution in [0.4, 0.5) is 20.2 Å². The lowest BCUT2D eigenvalue weighted by molar-refractivity contribution is 0.0169. The summed E-state index contributed by atoms with van der Waals surface area (Å²) in [4.78, 5) is 2.28. The van der Waals surface area contributed by atoms with Crippen molar-refractivity contribution in [3.63, 3.8) is 0 Å². The number of nitrogens with zero attached hydrogens (tertiary/aromatic N) is 2. The maximum Gasteiger partial charge on any atom is 0.414 e. The molecule has 0 amide bonds. The first-order valence-electron chi connectivity index (χ1n) is 6.23. The lowest BCUT2D eigenvalue weighted by atomic mass is 10.3. The van der Waals surface area contributed by atoms with E-state index in [0.29, 0.717) is 24.5 Å². The van der Waals surface area contributed by atoms with E-state index in [1.807, 2.05) is 12.1 Å². The van der Waals surface area contributed by atoms with E-state index in [4.69, 9.17) is 0 Å². The summed E-state index contributed by atoms with van der Waals surface area (Å²) in [5.41, 5.74) is 1.09. The van der Waals surface area contributed by atoms with Gasteiger partial charge in [-0.2, -0.15) is 8.78 Å². The first-order valence-corrected chi connectivity index (χ1v) is 6.23. The first-order chi connectivity index (χ1) is 9.19. The number of anilines is 2. The third-order valence-corrected chi connectivity index (χ3v) is 3.33. The summed E-state index contributed by atoms with van der Waals surface area (Å²) in [5, 5.41) is 0. The minimum absolute atomic E-state index is 0.311. The summed E-state index contributed by atoms with van der Waals surface area (Å²) in [6.45, 7) is 0.623. The zero-order valence-electron chi connectivity index (χ0n) is 10.3. The molecule has 0 unspecified atom stereocenters. The Hall–Kier alpha value is -2.10. The number of halogens is 2. The second-order valence-corrected chi connectivity index (χ2v) is 4.48. The van der Waals surface area contributed by atoms with E-state index in [1.54, 1.807) is 48.5 Å². The second-order valence-electron chi connectivity index (χ2n) is 4.48. The van der Waals surface area contributed by atoms with Crippen LogP contribution in [0.25, 0.3) is 0 Å². The molecule has 1 heterocycles. The summed E-state index contributed by atoms with van der Waals surface area (Å²) in [6, 6.07) is 17.6. The van der Waals surface area contributed by atoms with Crippen LogP contribution in [-0.2, 0) is 0 Å². The van der Waals surface area contributed by atoms with Gasteiger partial charge in [-0.05, 0) is 24.3 Å². The van der Waals surface area contributed by atoms with Gasteiger partial charge >= 0.3 is 6.17 Å². The van der Waals surface area contributed by atoms with Gasteiger partial charge in [0.05, 0.1) is 0 Å². The normalized spacial score (nSPS) is 17.8. The van der Waals surface area contributed by atoms with Crippen molar-refractivity contribution >= 4 is 11.4 Å². The number of para-hydroxylation sites is 2. The van der Waals surface area contributed by atoms with Crippen LogP contribution in [0.15, 0.2) is 60.7 Å². The quantitative estimate of drug-likeness (QED) is 0.762. The van der Waals surface area contributed by atoms with Crippen LogP contribution in [0, 0.1) is 0 Å². The molecular formula is C15H14F2N2. The molecule has 2 aromatic rings. The first kappa shape index (κ1) is 12.0. The molecule has 0 aliphatic carbocycles. The maximum absolute atomic E-state index is 14.5. The highest BCUT2D eigenvalue weighted by atomic mass is 19.3. The van der Waals surface area contributed by atoms with Crippen LogP contribution >= 0.6 is 0 Å². The molecule has 3 rings (SSSR count). The lowest BCUT2D eigenvalue weighted by Gasteiger charge is -2.31. The highest BCUT2D eigenvalue weighted by molar-refractivity contribution is 5.57. The predicted molar refractivity (Wildman–Crippen MR) is 72.5 cm³/mol. The topological polar surface area (TPSA) is 6.48 Å². The number of benzene rings is 2. The highest BCUT2D eigenvalue weighted by Crippen LogP contribution is 2.37. The Morgan fingerprint density at radius 3 is 1.42 bits per heavy atom. The number of hydrogen-bond donors (Lipinski definition) is 0. The Morgan fingerprint density at radius 2 is 1.05 bits per heavy atom. The van der Waals surface area contributed by atoms with Gasteiger partial charge in [-0.25, -0.2) is 0 Å². The molecule has 2 nitrogen and oxygen atoms in total. The zero-order valence-corrected chi connectivity index (χ0v) is 10.3. The monoisotopic (exact) mass is 260 g/mol. The van der Waals surface area contributed by atoms with E-state index in [2.05, 4.69) is 0 Å². The average Bonchev–Trinajstić information content (AvgIpc) is 2.76. The number of alkyl halides is 2. The molecule has 0 N–H and O–H groups in total. The van der Waals surface area contributed by atoms with Gasteiger partial charge in [-0.3, -0.25) is 9.80 Å². The van der Waals surface area contributed by atoms with Crippen LogP contribution in [-0.4, -0.2) is 19.3 Å². The Bertz CT molecular complexity index is 493. The third kappa shape index (κ3) is 2.03. The van der Waals surface area contributed by atoms with Gasteiger partial charge in [0.1, 0.15) is 0 Å². The predicted octanol–water partition coefficient (Wildman–Crippen LogP) is 3.56. The lowest BCUT2D eigenvalue weighted by Crippen LogP contribution is -2.46. The number of rotatable bonds is 2. The van der Waals surface area contributed by atoms with Gasteiger partial charge in [0.25, 0.3) is 0 Å². The molecule has 0 bridgehead atoms. The molecule has 0 spiro atoms. The fraction of sp³-hybridized carbons (Fsp3) is 0.200. The summed E-state index contributed by atoms with van der Waals surface area (Å²) in [6.07, 6.45) is -3.00. The second kappa shape index (κ2) is 4.53. The van der Waals surface area contributed by atoms with Crippen LogP contribution in [0.3, 0.4) is 0 Å². The fourth-order valence-corrected chi connectivity index (χ4v) is 2.40. The van der Waals surface area contributed by atoms with Gasteiger partial charge in [0.15, 0.2) is 0 Å². The third-order valence-electron chi connectivity index (χ3n) is 3.33. The van der Waals surface area contributed by atoms with Crippen molar-refractivity contribution in [2.24, 2.45) is 0 Å². The Kier molecular flexibility index (Phi) is 2.85. The molecule has 0 aromatic heterocycles. The van der Waals surface area contributed by atoms with E-state index in [9.17, 15) is 8.78 Å². The molecule has 1 aliphatic rings. The summed E-state index contributed by atoms with van der Waals surface area (Å²) >= 11 is 0. The molecule has 4 heteroatoms. The molecule has 0 atom stereocenters. The molecule has 1 aliphatic heterocycles. The highest BCUT2D eigenvalue weighted by Gasteiger charge is 2.49. The van der Waals surface area contributed by atoms with Crippen LogP contribution in [0.2, 0.25) is 0 Å². The van der Waals surface area contributed by atoms with Crippen molar-refractivity contribution in [2.45, 2.75) is 6.17 Å². The maximum atomic E-state index is 14.5. The average molecular weight is 260 g/mol. The largest absolute Gasteiger partial charge is 0.414 e. The van der Waals surface area contributed by atoms with Gasteiger partial charge in [-0.1, -0.05) is 36.4 Å².